The van der Waals surface area contributed by atoms with Crippen molar-refractivity contribution in [2.24, 2.45) is 13.0 Å². The van der Waals surface area contributed by atoms with E-state index in [-0.39, 0.29) is 17.9 Å². The van der Waals surface area contributed by atoms with Crippen LogP contribution in [0.3, 0.4) is 0 Å². The van der Waals surface area contributed by atoms with Crippen LogP contribution in [0.25, 0.3) is 11.4 Å². The van der Waals surface area contributed by atoms with Gasteiger partial charge in [0.05, 0.1) is 17.8 Å². The summed E-state index contributed by atoms with van der Waals surface area (Å²) in [4.78, 5) is 17.9. The first-order valence-electron chi connectivity index (χ1n) is 11.7. The number of carbonyl (C=O) groups excluding carboxylic acids is 1. The minimum atomic E-state index is -0.355. The van der Waals surface area contributed by atoms with Crippen molar-refractivity contribution in [1.29, 1.82) is 0 Å². The van der Waals surface area contributed by atoms with Crippen molar-refractivity contribution >= 4 is 17.3 Å². The first kappa shape index (κ1) is 24.3. The molecule has 0 bridgehead atoms. The SMILES string of the molecule is C=C(CN1C(=O)C(C(C)C)N(C(=C)c2ccc[n+](C)c2)C=C1c1ccccc1)N[C@H](C)CC. The summed E-state index contributed by atoms with van der Waals surface area (Å²) in [7, 11) is 1.99. The lowest BCUT2D eigenvalue weighted by Crippen LogP contribution is -2.53. The molecule has 3 rings (SSSR count). The van der Waals surface area contributed by atoms with Crippen LogP contribution in [0.4, 0.5) is 0 Å². The number of carbonyl (C=O) groups is 1. The lowest BCUT2D eigenvalue weighted by molar-refractivity contribution is -0.671. The molecule has 1 aromatic carbocycles. The van der Waals surface area contributed by atoms with E-state index in [9.17, 15) is 4.79 Å². The molecule has 1 amide bonds. The maximum atomic E-state index is 14.0. The molecule has 1 N–H and O–H groups in total. The predicted octanol–water partition coefficient (Wildman–Crippen LogP) is 4.55. The number of nitrogens with zero attached hydrogens (tertiary/aromatic N) is 3. The molecule has 0 fully saturated rings. The largest absolute Gasteiger partial charge is 0.385 e. The Labute approximate surface area is 198 Å². The molecule has 1 unspecified atom stereocenters. The van der Waals surface area contributed by atoms with Gasteiger partial charge in [-0.15, -0.1) is 0 Å². The number of hydrogen-bond acceptors (Lipinski definition) is 3. The molecule has 2 aromatic rings. The molecule has 0 radical (unpaired) electrons. The van der Waals surface area contributed by atoms with Crippen molar-refractivity contribution in [3.8, 4) is 0 Å². The van der Waals surface area contributed by atoms with Crippen molar-refractivity contribution in [2.45, 2.75) is 46.2 Å². The molecule has 0 aliphatic carbocycles. The Morgan fingerprint density at radius 2 is 1.82 bits per heavy atom. The highest BCUT2D eigenvalue weighted by atomic mass is 16.2. The standard InChI is InChI=1S/C28H37N4O/c1-8-21(4)29-22(5)17-32-26(24-13-10-9-11-14-24)19-31(27(20(2)3)28(32)33)23(6)25-15-12-16-30(7)18-25/h9-16,18-21,27,29H,5-6,8,17H2,1-4,7H3/q+1/t21-,27?/m1/s1. The molecule has 5 heteroatoms. The van der Waals surface area contributed by atoms with Crippen molar-refractivity contribution in [3.63, 3.8) is 0 Å². The number of aromatic nitrogens is 1. The van der Waals surface area contributed by atoms with E-state index in [4.69, 9.17) is 0 Å². The topological polar surface area (TPSA) is 39.5 Å². The Hall–Kier alpha value is -3.34. The van der Waals surface area contributed by atoms with E-state index >= 15 is 0 Å². The van der Waals surface area contributed by atoms with Crippen LogP contribution < -0.4 is 9.88 Å². The first-order chi connectivity index (χ1) is 15.7. The van der Waals surface area contributed by atoms with Crippen molar-refractivity contribution in [3.05, 3.63) is 91.0 Å². The van der Waals surface area contributed by atoms with E-state index in [0.29, 0.717) is 12.6 Å². The Balaban J connectivity index is 2.07. The van der Waals surface area contributed by atoms with E-state index in [1.807, 2.05) is 76.3 Å². The smallest absolute Gasteiger partial charge is 0.250 e. The average molecular weight is 446 g/mol. The first-order valence-corrected chi connectivity index (χ1v) is 11.7. The number of pyridine rings is 1. The maximum Gasteiger partial charge on any atom is 0.250 e. The molecule has 0 saturated heterocycles. The van der Waals surface area contributed by atoms with Crippen molar-refractivity contribution in [1.82, 2.24) is 15.1 Å². The van der Waals surface area contributed by atoms with Gasteiger partial charge in [-0.2, -0.15) is 0 Å². The van der Waals surface area contributed by atoms with Gasteiger partial charge < -0.3 is 15.1 Å². The summed E-state index contributed by atoms with van der Waals surface area (Å²) < 4.78 is 2.00. The fourth-order valence-corrected chi connectivity index (χ4v) is 4.13. The third-order valence-electron chi connectivity index (χ3n) is 6.07. The van der Waals surface area contributed by atoms with Crippen LogP contribution in [-0.2, 0) is 11.8 Å². The second-order valence-corrected chi connectivity index (χ2v) is 9.16. The van der Waals surface area contributed by atoms with Gasteiger partial charge in [0.1, 0.15) is 13.1 Å². The highest BCUT2D eigenvalue weighted by molar-refractivity contribution is 5.94. The summed E-state index contributed by atoms with van der Waals surface area (Å²) in [6.45, 7) is 17.5. The minimum absolute atomic E-state index is 0.0555. The normalized spacial score (nSPS) is 17.1. The fraction of sp³-hybridized carbons (Fsp3) is 0.357. The van der Waals surface area contributed by atoms with Gasteiger partial charge in [0.2, 0.25) is 0 Å². The van der Waals surface area contributed by atoms with Gasteiger partial charge in [-0.25, -0.2) is 4.57 Å². The van der Waals surface area contributed by atoms with Crippen LogP contribution in [0.15, 0.2) is 79.9 Å². The number of nitrogens with one attached hydrogen (secondary N) is 1. The molecule has 33 heavy (non-hydrogen) atoms. The van der Waals surface area contributed by atoms with Gasteiger partial charge in [0, 0.05) is 29.7 Å². The van der Waals surface area contributed by atoms with E-state index in [1.54, 1.807) is 0 Å². The quantitative estimate of drug-likeness (QED) is 0.576. The Bertz CT molecular complexity index is 1040. The van der Waals surface area contributed by atoms with E-state index in [2.05, 4.69) is 52.4 Å². The highest BCUT2D eigenvalue weighted by Crippen LogP contribution is 2.34. The summed E-state index contributed by atoms with van der Waals surface area (Å²) in [5, 5.41) is 3.43. The van der Waals surface area contributed by atoms with Gasteiger partial charge in [-0.05, 0) is 30.9 Å². The Kier molecular flexibility index (Phi) is 7.75. The van der Waals surface area contributed by atoms with Gasteiger partial charge in [0.25, 0.3) is 5.91 Å². The lowest BCUT2D eigenvalue weighted by Gasteiger charge is -2.43. The van der Waals surface area contributed by atoms with Crippen molar-refractivity contribution < 1.29 is 9.36 Å². The lowest BCUT2D eigenvalue weighted by atomic mass is 9.95. The van der Waals surface area contributed by atoms with E-state index < -0.39 is 0 Å². The number of amides is 1. The molecule has 1 aliphatic heterocycles. The second kappa shape index (κ2) is 10.5. The van der Waals surface area contributed by atoms with Gasteiger partial charge in [0.15, 0.2) is 12.4 Å². The van der Waals surface area contributed by atoms with Crippen LogP contribution in [0.2, 0.25) is 0 Å². The van der Waals surface area contributed by atoms with Crippen LogP contribution >= 0.6 is 0 Å². The van der Waals surface area contributed by atoms with Gasteiger partial charge in [-0.3, -0.25) is 4.79 Å². The van der Waals surface area contributed by atoms with Crippen LogP contribution in [0.1, 0.15) is 45.2 Å². The minimum Gasteiger partial charge on any atom is -0.385 e. The molecule has 5 nitrogen and oxygen atoms in total. The average Bonchev–Trinajstić information content (AvgIpc) is 2.79. The Morgan fingerprint density at radius 1 is 1.12 bits per heavy atom. The predicted molar refractivity (Wildman–Crippen MR) is 135 cm³/mol. The number of hydrogen-bond donors (Lipinski definition) is 1. The number of rotatable bonds is 9. The number of benzene rings is 1. The van der Waals surface area contributed by atoms with Crippen LogP contribution in [0, 0.1) is 5.92 Å². The monoisotopic (exact) mass is 445 g/mol. The molecule has 174 valence electrons. The summed E-state index contributed by atoms with van der Waals surface area (Å²) in [6.07, 6.45) is 7.09. The number of aryl methyl sites for hydroxylation is 1. The van der Waals surface area contributed by atoms with E-state index in [1.165, 1.54) is 0 Å². The van der Waals surface area contributed by atoms with Crippen LogP contribution in [0.5, 0.6) is 0 Å². The third-order valence-corrected chi connectivity index (χ3v) is 6.07. The highest BCUT2D eigenvalue weighted by Gasteiger charge is 2.39. The third kappa shape index (κ3) is 5.54. The molecule has 2 heterocycles. The van der Waals surface area contributed by atoms with Crippen LogP contribution in [-0.4, -0.2) is 34.3 Å². The molecule has 2 atom stereocenters. The van der Waals surface area contributed by atoms with Crippen molar-refractivity contribution in [2.75, 3.05) is 6.54 Å². The summed E-state index contributed by atoms with van der Waals surface area (Å²) in [6, 6.07) is 14.0. The molecule has 1 aromatic heterocycles. The summed E-state index contributed by atoms with van der Waals surface area (Å²) >= 11 is 0. The zero-order valence-corrected chi connectivity index (χ0v) is 20.6. The van der Waals surface area contributed by atoms with Gasteiger partial charge >= 0.3 is 0 Å². The zero-order chi connectivity index (χ0) is 24.1. The summed E-state index contributed by atoms with van der Waals surface area (Å²) in [5.41, 5.74) is 4.47. The molecular weight excluding hydrogens is 408 g/mol. The molecule has 0 saturated carbocycles. The Morgan fingerprint density at radius 3 is 2.42 bits per heavy atom. The molecule has 0 spiro atoms. The zero-order valence-electron chi connectivity index (χ0n) is 20.6. The molecule has 1 aliphatic rings. The summed E-state index contributed by atoms with van der Waals surface area (Å²) in [5.74, 6) is 0.151. The molecular formula is C28H37N4O+. The fourth-order valence-electron chi connectivity index (χ4n) is 4.13. The maximum absolute atomic E-state index is 14.0. The van der Waals surface area contributed by atoms with E-state index in [0.717, 1.165) is 34.6 Å². The van der Waals surface area contributed by atoms with Gasteiger partial charge in [-0.1, -0.05) is 64.3 Å². The second-order valence-electron chi connectivity index (χ2n) is 9.16.